The molecule has 0 unspecified atom stereocenters. The third-order valence-electron chi connectivity index (χ3n) is 3.91. The minimum absolute atomic E-state index is 0.522. The summed E-state index contributed by atoms with van der Waals surface area (Å²) in [5, 5.41) is 11.4. The first kappa shape index (κ1) is 17.5. The number of rotatable bonds is 7. The molecule has 1 heterocycles. The van der Waals surface area contributed by atoms with Gasteiger partial charge in [0, 0.05) is 19.3 Å². The number of benzene rings is 2. The van der Waals surface area contributed by atoms with Crippen LogP contribution in [0, 0.1) is 0 Å². The normalized spacial score (nSPS) is 10.3. The van der Waals surface area contributed by atoms with E-state index in [2.05, 4.69) is 20.5 Å². The highest BCUT2D eigenvalue weighted by Gasteiger charge is 2.09. The quantitative estimate of drug-likeness (QED) is 0.700. The second kappa shape index (κ2) is 8.15. The van der Waals surface area contributed by atoms with Crippen LogP contribution in [0.3, 0.4) is 0 Å². The maximum Gasteiger partial charge on any atom is 0.251 e. The van der Waals surface area contributed by atoms with Gasteiger partial charge in [0.05, 0.1) is 20.4 Å². The molecule has 26 heavy (non-hydrogen) atoms. The molecule has 0 aliphatic heterocycles. The van der Waals surface area contributed by atoms with Crippen LogP contribution < -0.4 is 19.7 Å². The summed E-state index contributed by atoms with van der Waals surface area (Å²) >= 11 is 0. The second-order valence-electron chi connectivity index (χ2n) is 5.58. The van der Waals surface area contributed by atoms with Crippen molar-refractivity contribution < 1.29 is 9.47 Å². The Morgan fingerprint density at radius 3 is 2.50 bits per heavy atom. The number of hydrogen-bond donors (Lipinski definition) is 1. The monoisotopic (exact) mass is 351 g/mol. The summed E-state index contributed by atoms with van der Waals surface area (Å²) in [6, 6.07) is 15.7. The molecule has 7 heteroatoms. The van der Waals surface area contributed by atoms with Gasteiger partial charge < -0.3 is 19.7 Å². The summed E-state index contributed by atoms with van der Waals surface area (Å²) < 4.78 is 10.6. The van der Waals surface area contributed by atoms with E-state index in [1.807, 2.05) is 60.5 Å². The Balaban J connectivity index is 1.71. The Hall–Kier alpha value is -3.35. The molecular formula is C19H21N5O2. The van der Waals surface area contributed by atoms with Crippen molar-refractivity contribution in [2.75, 3.05) is 31.5 Å². The molecule has 0 saturated carbocycles. The number of anilines is 3. The molecule has 0 radical (unpaired) electrons. The Labute approximate surface area is 152 Å². The van der Waals surface area contributed by atoms with Crippen LogP contribution in [0.5, 0.6) is 11.5 Å². The van der Waals surface area contributed by atoms with E-state index in [-0.39, 0.29) is 0 Å². The van der Waals surface area contributed by atoms with Crippen LogP contribution in [0.15, 0.2) is 54.7 Å². The lowest BCUT2D eigenvalue weighted by Gasteiger charge is -2.17. The fraction of sp³-hybridized carbons (Fsp3) is 0.211. The van der Waals surface area contributed by atoms with E-state index in [9.17, 15) is 0 Å². The SMILES string of the molecule is COc1ccc(CNc2cnnc(N(C)c3ccccc3)n2)cc1OC. The summed E-state index contributed by atoms with van der Waals surface area (Å²) in [6.45, 7) is 0.577. The summed E-state index contributed by atoms with van der Waals surface area (Å²) in [6.07, 6.45) is 1.60. The van der Waals surface area contributed by atoms with Crippen molar-refractivity contribution in [3.05, 3.63) is 60.3 Å². The minimum Gasteiger partial charge on any atom is -0.493 e. The molecule has 0 amide bonds. The summed E-state index contributed by atoms with van der Waals surface area (Å²) in [5.41, 5.74) is 2.03. The molecule has 0 aliphatic rings. The van der Waals surface area contributed by atoms with Crippen molar-refractivity contribution in [3.8, 4) is 11.5 Å². The van der Waals surface area contributed by atoms with Crippen molar-refractivity contribution in [2.24, 2.45) is 0 Å². The van der Waals surface area contributed by atoms with E-state index < -0.39 is 0 Å². The Kier molecular flexibility index (Phi) is 5.48. The fourth-order valence-corrected chi connectivity index (χ4v) is 2.47. The van der Waals surface area contributed by atoms with Crippen LogP contribution in [-0.2, 0) is 6.54 Å². The molecule has 1 N–H and O–H groups in total. The van der Waals surface area contributed by atoms with Crippen molar-refractivity contribution >= 4 is 17.5 Å². The average Bonchev–Trinajstić information content (AvgIpc) is 2.72. The zero-order valence-corrected chi connectivity index (χ0v) is 15.0. The van der Waals surface area contributed by atoms with E-state index in [0.717, 1.165) is 11.3 Å². The highest BCUT2D eigenvalue weighted by Crippen LogP contribution is 2.27. The predicted molar refractivity (Wildman–Crippen MR) is 101 cm³/mol. The van der Waals surface area contributed by atoms with Gasteiger partial charge >= 0.3 is 0 Å². The van der Waals surface area contributed by atoms with Crippen LogP contribution >= 0.6 is 0 Å². The van der Waals surface area contributed by atoms with E-state index in [1.54, 1.807) is 20.4 Å². The van der Waals surface area contributed by atoms with Crippen molar-refractivity contribution in [1.82, 2.24) is 15.2 Å². The number of methoxy groups -OCH3 is 2. The topological polar surface area (TPSA) is 72.4 Å². The van der Waals surface area contributed by atoms with Gasteiger partial charge in [-0.3, -0.25) is 0 Å². The van der Waals surface area contributed by atoms with Gasteiger partial charge in [0.25, 0.3) is 5.95 Å². The van der Waals surface area contributed by atoms with Crippen LogP contribution in [-0.4, -0.2) is 36.4 Å². The van der Waals surface area contributed by atoms with E-state index in [0.29, 0.717) is 29.8 Å². The van der Waals surface area contributed by atoms with Gasteiger partial charge in [-0.05, 0) is 29.8 Å². The average molecular weight is 351 g/mol. The van der Waals surface area contributed by atoms with Crippen molar-refractivity contribution in [1.29, 1.82) is 0 Å². The van der Waals surface area contributed by atoms with Crippen LogP contribution in [0.1, 0.15) is 5.56 Å². The van der Waals surface area contributed by atoms with Gasteiger partial charge in [-0.2, -0.15) is 10.1 Å². The molecule has 2 aromatic carbocycles. The number of nitrogens with one attached hydrogen (secondary N) is 1. The van der Waals surface area contributed by atoms with E-state index in [4.69, 9.17) is 9.47 Å². The third-order valence-corrected chi connectivity index (χ3v) is 3.91. The number of nitrogens with zero attached hydrogens (tertiary/aromatic N) is 4. The lowest BCUT2D eigenvalue weighted by Crippen LogP contribution is -2.15. The Bertz CT molecular complexity index is 858. The van der Waals surface area contributed by atoms with Gasteiger partial charge in [-0.25, -0.2) is 0 Å². The second-order valence-corrected chi connectivity index (χ2v) is 5.58. The summed E-state index contributed by atoms with van der Waals surface area (Å²) in [4.78, 5) is 6.41. The highest BCUT2D eigenvalue weighted by molar-refractivity contribution is 5.56. The standard InChI is InChI=1S/C19H21N5O2/c1-24(15-7-5-4-6-8-15)19-22-18(13-21-23-19)20-12-14-9-10-16(25-2)17(11-14)26-3/h4-11,13H,12H2,1-3H3,(H,20,22,23). The number of para-hydroxylation sites is 1. The number of ether oxygens (including phenoxy) is 2. The van der Waals surface area contributed by atoms with Crippen LogP contribution in [0.4, 0.5) is 17.5 Å². The Morgan fingerprint density at radius 1 is 1.00 bits per heavy atom. The highest BCUT2D eigenvalue weighted by atomic mass is 16.5. The molecule has 7 nitrogen and oxygen atoms in total. The molecule has 3 aromatic rings. The molecule has 1 aromatic heterocycles. The molecular weight excluding hydrogens is 330 g/mol. The summed E-state index contributed by atoms with van der Waals surface area (Å²) in [7, 11) is 5.15. The largest absolute Gasteiger partial charge is 0.493 e. The molecule has 0 atom stereocenters. The lowest BCUT2D eigenvalue weighted by atomic mass is 10.2. The van der Waals surface area contributed by atoms with Gasteiger partial charge in [-0.1, -0.05) is 24.3 Å². The fourth-order valence-electron chi connectivity index (χ4n) is 2.47. The van der Waals surface area contributed by atoms with Crippen LogP contribution in [0.25, 0.3) is 0 Å². The molecule has 134 valence electrons. The molecule has 0 spiro atoms. The Morgan fingerprint density at radius 2 is 1.77 bits per heavy atom. The maximum absolute atomic E-state index is 5.33. The molecule has 0 aliphatic carbocycles. The van der Waals surface area contributed by atoms with Gasteiger partial charge in [0.1, 0.15) is 0 Å². The minimum atomic E-state index is 0.522. The van der Waals surface area contributed by atoms with Gasteiger partial charge in [-0.15, -0.1) is 5.10 Å². The molecule has 3 rings (SSSR count). The lowest BCUT2D eigenvalue weighted by molar-refractivity contribution is 0.354. The first-order valence-corrected chi connectivity index (χ1v) is 8.14. The van der Waals surface area contributed by atoms with Gasteiger partial charge in [0.2, 0.25) is 0 Å². The molecule has 0 bridgehead atoms. The van der Waals surface area contributed by atoms with E-state index >= 15 is 0 Å². The predicted octanol–water partition coefficient (Wildman–Crippen LogP) is 3.27. The van der Waals surface area contributed by atoms with Crippen molar-refractivity contribution in [2.45, 2.75) is 6.54 Å². The van der Waals surface area contributed by atoms with Crippen LogP contribution in [0.2, 0.25) is 0 Å². The first-order valence-electron chi connectivity index (χ1n) is 8.14. The molecule has 0 saturated heterocycles. The smallest absolute Gasteiger partial charge is 0.251 e. The first-order chi connectivity index (χ1) is 12.7. The maximum atomic E-state index is 5.33. The van der Waals surface area contributed by atoms with Crippen molar-refractivity contribution in [3.63, 3.8) is 0 Å². The number of hydrogen-bond acceptors (Lipinski definition) is 7. The van der Waals surface area contributed by atoms with E-state index in [1.165, 1.54) is 0 Å². The number of aromatic nitrogens is 3. The molecule has 0 fully saturated rings. The third kappa shape index (κ3) is 4.00. The zero-order chi connectivity index (χ0) is 18.4. The summed E-state index contributed by atoms with van der Waals surface area (Å²) in [5.74, 6) is 2.56. The van der Waals surface area contributed by atoms with Gasteiger partial charge in [0.15, 0.2) is 17.3 Å². The zero-order valence-electron chi connectivity index (χ0n) is 15.0.